The summed E-state index contributed by atoms with van der Waals surface area (Å²) in [5.74, 6) is -0.661. The van der Waals surface area contributed by atoms with Crippen LogP contribution < -0.4 is 10.6 Å². The minimum atomic E-state index is -1.18. The molecule has 0 fully saturated rings. The van der Waals surface area contributed by atoms with Crippen LogP contribution in [0.25, 0.3) is 0 Å². The van der Waals surface area contributed by atoms with Gasteiger partial charge in [-0.1, -0.05) is 38.1 Å². The number of carboxylic acid groups (broad SMARTS) is 1. The third kappa shape index (κ3) is 3.01. The van der Waals surface area contributed by atoms with Gasteiger partial charge >= 0.3 is 12.0 Å². The predicted molar refractivity (Wildman–Crippen MR) is 80.4 cm³/mol. The molecule has 0 saturated heterocycles. The first-order chi connectivity index (χ1) is 10.0. The van der Waals surface area contributed by atoms with Crippen molar-refractivity contribution in [3.8, 4) is 0 Å². The first-order valence-electron chi connectivity index (χ1n) is 7.39. The Kier molecular flexibility index (Phi) is 4.50. The maximum atomic E-state index is 12.0. The van der Waals surface area contributed by atoms with Gasteiger partial charge in [0.1, 0.15) is 5.54 Å². The highest BCUT2D eigenvalue weighted by molar-refractivity contribution is 5.86. The van der Waals surface area contributed by atoms with Crippen LogP contribution in [-0.2, 0) is 11.2 Å². The van der Waals surface area contributed by atoms with Crippen molar-refractivity contribution in [2.24, 2.45) is 0 Å². The van der Waals surface area contributed by atoms with Gasteiger partial charge in [-0.3, -0.25) is 0 Å². The van der Waals surface area contributed by atoms with Gasteiger partial charge in [0.15, 0.2) is 0 Å². The average Bonchev–Trinajstić information content (AvgIpc) is 2.45. The lowest BCUT2D eigenvalue weighted by molar-refractivity contribution is -0.144. The number of urea groups is 1. The second kappa shape index (κ2) is 6.16. The van der Waals surface area contributed by atoms with Gasteiger partial charge in [0.25, 0.3) is 0 Å². The summed E-state index contributed by atoms with van der Waals surface area (Å²) in [6.45, 7) is 4.06. The number of carbonyl (C=O) groups excluding carboxylic acids is 1. The predicted octanol–water partition coefficient (Wildman–Crippen LogP) is 2.27. The molecule has 5 nitrogen and oxygen atoms in total. The Labute approximate surface area is 124 Å². The normalized spacial score (nSPS) is 16.6. The molecule has 1 aromatic rings. The molecular weight excluding hydrogens is 268 g/mol. The fourth-order valence-corrected chi connectivity index (χ4v) is 2.80. The van der Waals surface area contributed by atoms with Crippen molar-refractivity contribution in [2.45, 2.75) is 44.6 Å². The van der Waals surface area contributed by atoms with E-state index in [1.54, 1.807) is 13.8 Å². The largest absolute Gasteiger partial charge is 0.480 e. The molecule has 21 heavy (non-hydrogen) atoms. The minimum Gasteiger partial charge on any atom is -0.480 e. The molecule has 0 heterocycles. The molecule has 5 heteroatoms. The Balaban J connectivity index is 1.87. The molecule has 0 radical (unpaired) electrons. The van der Waals surface area contributed by atoms with Crippen LogP contribution in [0.1, 0.15) is 43.7 Å². The van der Waals surface area contributed by atoms with Crippen LogP contribution in [0.2, 0.25) is 0 Å². The third-order valence-electron chi connectivity index (χ3n) is 4.44. The van der Waals surface area contributed by atoms with E-state index >= 15 is 0 Å². The molecule has 0 aliphatic heterocycles. The zero-order chi connectivity index (χ0) is 15.5. The lowest BCUT2D eigenvalue weighted by Gasteiger charge is -2.32. The Morgan fingerprint density at radius 2 is 1.95 bits per heavy atom. The highest BCUT2D eigenvalue weighted by Crippen LogP contribution is 2.33. The van der Waals surface area contributed by atoms with Crippen LogP contribution in [0.3, 0.4) is 0 Å². The summed E-state index contributed by atoms with van der Waals surface area (Å²) >= 11 is 0. The van der Waals surface area contributed by atoms with Gasteiger partial charge in [-0.25, -0.2) is 9.59 Å². The summed E-state index contributed by atoms with van der Waals surface area (Å²) < 4.78 is 0. The first kappa shape index (κ1) is 15.4. The Hall–Kier alpha value is -2.04. The van der Waals surface area contributed by atoms with Gasteiger partial charge in [0.2, 0.25) is 0 Å². The number of rotatable bonds is 6. The van der Waals surface area contributed by atoms with Crippen molar-refractivity contribution in [1.82, 2.24) is 10.6 Å². The standard InChI is InChI=1S/C16H22N2O3/c1-3-16(4-2,14(19)20)18-15(21)17-10-12-9-11-7-5-6-8-13(11)12/h5-8,12H,3-4,9-10H2,1-2H3,(H,19,20)(H2,17,18,21). The molecular formula is C16H22N2O3. The summed E-state index contributed by atoms with van der Waals surface area (Å²) in [6.07, 6.45) is 1.68. The molecule has 114 valence electrons. The van der Waals surface area contributed by atoms with Gasteiger partial charge in [0.05, 0.1) is 0 Å². The van der Waals surface area contributed by atoms with E-state index in [2.05, 4.69) is 22.8 Å². The van der Waals surface area contributed by atoms with Crippen molar-refractivity contribution in [3.05, 3.63) is 35.4 Å². The molecule has 0 saturated carbocycles. The van der Waals surface area contributed by atoms with E-state index in [0.29, 0.717) is 25.3 Å². The van der Waals surface area contributed by atoms with Gasteiger partial charge in [0, 0.05) is 12.5 Å². The number of hydrogen-bond acceptors (Lipinski definition) is 2. The molecule has 0 spiro atoms. The number of carbonyl (C=O) groups is 2. The molecule has 3 N–H and O–H groups in total. The zero-order valence-corrected chi connectivity index (χ0v) is 12.5. The van der Waals surface area contributed by atoms with E-state index in [0.717, 1.165) is 6.42 Å². The van der Waals surface area contributed by atoms with E-state index in [1.165, 1.54) is 11.1 Å². The van der Waals surface area contributed by atoms with Gasteiger partial charge < -0.3 is 15.7 Å². The average molecular weight is 290 g/mol. The second-order valence-electron chi connectivity index (χ2n) is 5.53. The summed E-state index contributed by atoms with van der Waals surface area (Å²) in [7, 11) is 0. The smallest absolute Gasteiger partial charge is 0.329 e. The number of carboxylic acids is 1. The summed E-state index contributed by atoms with van der Waals surface area (Å²) in [5, 5.41) is 14.7. The van der Waals surface area contributed by atoms with Crippen LogP contribution in [0.5, 0.6) is 0 Å². The second-order valence-corrected chi connectivity index (χ2v) is 5.53. The Morgan fingerprint density at radius 3 is 2.52 bits per heavy atom. The monoisotopic (exact) mass is 290 g/mol. The number of fused-ring (bicyclic) bond motifs is 1. The number of hydrogen-bond donors (Lipinski definition) is 3. The minimum absolute atomic E-state index is 0.328. The molecule has 1 unspecified atom stereocenters. The van der Waals surface area contributed by atoms with Crippen molar-refractivity contribution < 1.29 is 14.7 Å². The fourth-order valence-electron chi connectivity index (χ4n) is 2.80. The highest BCUT2D eigenvalue weighted by Gasteiger charge is 2.36. The zero-order valence-electron chi connectivity index (χ0n) is 12.5. The molecule has 2 amide bonds. The first-order valence-corrected chi connectivity index (χ1v) is 7.39. The number of aliphatic carboxylic acids is 1. The quantitative estimate of drug-likeness (QED) is 0.752. The highest BCUT2D eigenvalue weighted by atomic mass is 16.4. The number of nitrogens with one attached hydrogen (secondary N) is 2. The van der Waals surface area contributed by atoms with Crippen LogP contribution in [-0.4, -0.2) is 29.2 Å². The maximum absolute atomic E-state index is 12.0. The van der Waals surface area contributed by atoms with E-state index in [4.69, 9.17) is 0 Å². The lowest BCUT2D eigenvalue weighted by Crippen LogP contribution is -2.57. The van der Waals surface area contributed by atoms with Crippen LogP contribution in [0, 0.1) is 0 Å². The maximum Gasteiger partial charge on any atom is 0.329 e. The van der Waals surface area contributed by atoms with E-state index in [1.807, 2.05) is 12.1 Å². The van der Waals surface area contributed by atoms with Crippen LogP contribution >= 0.6 is 0 Å². The van der Waals surface area contributed by atoms with Crippen LogP contribution in [0.15, 0.2) is 24.3 Å². The van der Waals surface area contributed by atoms with Crippen LogP contribution in [0.4, 0.5) is 4.79 Å². The van der Waals surface area contributed by atoms with Gasteiger partial charge in [-0.15, -0.1) is 0 Å². The van der Waals surface area contributed by atoms with Gasteiger partial charge in [-0.2, -0.15) is 0 Å². The SMILES string of the molecule is CCC(CC)(NC(=O)NCC1Cc2ccccc21)C(=O)O. The van der Waals surface area contributed by atoms with E-state index in [-0.39, 0.29) is 0 Å². The molecule has 2 rings (SSSR count). The van der Waals surface area contributed by atoms with Gasteiger partial charge in [-0.05, 0) is 30.4 Å². The van der Waals surface area contributed by atoms with E-state index < -0.39 is 17.5 Å². The van der Waals surface area contributed by atoms with Crippen molar-refractivity contribution in [1.29, 1.82) is 0 Å². The summed E-state index contributed by atoms with van der Waals surface area (Å²) in [5.41, 5.74) is 1.42. The molecule has 0 aromatic heterocycles. The molecule has 1 aliphatic rings. The summed E-state index contributed by atoms with van der Waals surface area (Å²) in [6, 6.07) is 7.76. The molecule has 1 aliphatic carbocycles. The molecule has 0 bridgehead atoms. The lowest BCUT2D eigenvalue weighted by atomic mass is 9.78. The van der Waals surface area contributed by atoms with Crippen molar-refractivity contribution >= 4 is 12.0 Å². The third-order valence-corrected chi connectivity index (χ3v) is 4.44. The molecule has 1 atom stereocenters. The topological polar surface area (TPSA) is 78.4 Å². The molecule has 1 aromatic carbocycles. The Morgan fingerprint density at radius 1 is 1.29 bits per heavy atom. The van der Waals surface area contributed by atoms with Crippen molar-refractivity contribution in [2.75, 3.05) is 6.54 Å². The van der Waals surface area contributed by atoms with E-state index in [9.17, 15) is 14.7 Å². The summed E-state index contributed by atoms with van der Waals surface area (Å²) in [4.78, 5) is 23.3. The number of benzene rings is 1. The number of amides is 2. The Bertz CT molecular complexity index is 538. The fraction of sp³-hybridized carbons (Fsp3) is 0.500. The van der Waals surface area contributed by atoms with Crippen molar-refractivity contribution in [3.63, 3.8) is 0 Å².